The maximum Gasteiger partial charge on any atom is 0.124 e. The minimum absolute atomic E-state index is 0.164. The van der Waals surface area contributed by atoms with Crippen molar-refractivity contribution in [3.8, 4) is 0 Å². The standard InChI is InChI=1S/C16H22FNOS/c17-12-4-5-14(18)15(10-12)20-11-13-6-9-16(19-13)7-2-1-3-8-16/h4-5,10,13H,1-3,6-9,11,18H2. The summed E-state index contributed by atoms with van der Waals surface area (Å²) >= 11 is 1.62. The molecule has 1 aliphatic heterocycles. The fraction of sp³-hybridized carbons (Fsp3) is 0.625. The number of nitrogens with two attached hydrogens (primary N) is 1. The molecule has 1 aliphatic carbocycles. The van der Waals surface area contributed by atoms with E-state index in [4.69, 9.17) is 10.5 Å². The molecule has 0 aromatic heterocycles. The Balaban J connectivity index is 1.56. The molecule has 1 spiro atoms. The average Bonchev–Trinajstić information content (AvgIpc) is 2.84. The number of rotatable bonds is 3. The van der Waals surface area contributed by atoms with Gasteiger partial charge in [-0.2, -0.15) is 0 Å². The molecule has 4 heteroatoms. The van der Waals surface area contributed by atoms with Gasteiger partial charge in [-0.3, -0.25) is 0 Å². The summed E-state index contributed by atoms with van der Waals surface area (Å²) in [6.45, 7) is 0. The van der Waals surface area contributed by atoms with Crippen LogP contribution in [-0.2, 0) is 4.74 Å². The Kier molecular flexibility index (Phi) is 4.22. The van der Waals surface area contributed by atoms with E-state index < -0.39 is 0 Å². The van der Waals surface area contributed by atoms with Gasteiger partial charge in [0, 0.05) is 16.3 Å². The van der Waals surface area contributed by atoms with Gasteiger partial charge in [-0.25, -0.2) is 4.39 Å². The fourth-order valence-corrected chi connectivity index (χ4v) is 4.42. The molecule has 1 aromatic carbocycles. The van der Waals surface area contributed by atoms with Crippen molar-refractivity contribution in [2.45, 2.75) is 61.5 Å². The molecule has 1 aromatic rings. The van der Waals surface area contributed by atoms with E-state index in [1.165, 1.54) is 50.7 Å². The van der Waals surface area contributed by atoms with E-state index in [0.717, 1.165) is 17.1 Å². The molecule has 20 heavy (non-hydrogen) atoms. The van der Waals surface area contributed by atoms with Gasteiger partial charge in [0.25, 0.3) is 0 Å². The molecular weight excluding hydrogens is 273 g/mol. The van der Waals surface area contributed by atoms with Crippen LogP contribution in [0.3, 0.4) is 0 Å². The third kappa shape index (κ3) is 3.12. The monoisotopic (exact) mass is 295 g/mol. The zero-order chi connectivity index (χ0) is 14.0. The van der Waals surface area contributed by atoms with Crippen molar-refractivity contribution in [3.63, 3.8) is 0 Å². The van der Waals surface area contributed by atoms with E-state index in [1.807, 2.05) is 0 Å². The Morgan fingerprint density at radius 2 is 2.05 bits per heavy atom. The lowest BCUT2D eigenvalue weighted by atomic mass is 9.83. The van der Waals surface area contributed by atoms with Gasteiger partial charge in [-0.1, -0.05) is 19.3 Å². The van der Waals surface area contributed by atoms with Gasteiger partial charge in [0.05, 0.1) is 11.7 Å². The second-order valence-electron chi connectivity index (χ2n) is 6.02. The maximum absolute atomic E-state index is 13.2. The number of ether oxygens (including phenoxy) is 1. The first kappa shape index (κ1) is 14.2. The number of hydrogen-bond acceptors (Lipinski definition) is 3. The van der Waals surface area contributed by atoms with Crippen LogP contribution in [-0.4, -0.2) is 17.5 Å². The molecule has 2 nitrogen and oxygen atoms in total. The minimum atomic E-state index is -0.224. The van der Waals surface area contributed by atoms with Crippen LogP contribution in [0.2, 0.25) is 0 Å². The van der Waals surface area contributed by atoms with Crippen molar-refractivity contribution in [2.75, 3.05) is 11.5 Å². The van der Waals surface area contributed by atoms with Crippen LogP contribution in [0.5, 0.6) is 0 Å². The van der Waals surface area contributed by atoms with Gasteiger partial charge in [-0.05, 0) is 43.9 Å². The minimum Gasteiger partial charge on any atom is -0.398 e. The highest BCUT2D eigenvalue weighted by Crippen LogP contribution is 2.43. The molecule has 3 rings (SSSR count). The summed E-state index contributed by atoms with van der Waals surface area (Å²) in [5.74, 6) is 0.646. The molecule has 1 saturated carbocycles. The summed E-state index contributed by atoms with van der Waals surface area (Å²) in [6.07, 6.45) is 9.00. The predicted molar refractivity (Wildman–Crippen MR) is 81.5 cm³/mol. The summed E-state index contributed by atoms with van der Waals surface area (Å²) in [5, 5.41) is 0. The summed E-state index contributed by atoms with van der Waals surface area (Å²) < 4.78 is 19.6. The van der Waals surface area contributed by atoms with Crippen LogP contribution in [0, 0.1) is 5.82 Å². The van der Waals surface area contributed by atoms with Crippen LogP contribution in [0.15, 0.2) is 23.1 Å². The van der Waals surface area contributed by atoms with Crippen molar-refractivity contribution < 1.29 is 9.13 Å². The number of anilines is 1. The summed E-state index contributed by atoms with van der Waals surface area (Å²) in [4.78, 5) is 0.832. The van der Waals surface area contributed by atoms with E-state index in [-0.39, 0.29) is 11.4 Å². The quantitative estimate of drug-likeness (QED) is 0.664. The van der Waals surface area contributed by atoms with E-state index in [2.05, 4.69) is 0 Å². The van der Waals surface area contributed by atoms with E-state index in [9.17, 15) is 4.39 Å². The Hall–Kier alpha value is -0.740. The first-order valence-corrected chi connectivity index (χ1v) is 8.51. The lowest BCUT2D eigenvalue weighted by Crippen LogP contribution is -2.32. The Morgan fingerprint density at radius 1 is 1.25 bits per heavy atom. The SMILES string of the molecule is Nc1ccc(F)cc1SCC1CCC2(CCCCC2)O1. The second-order valence-corrected chi connectivity index (χ2v) is 7.08. The molecule has 110 valence electrons. The molecule has 0 bridgehead atoms. The third-order valence-electron chi connectivity index (χ3n) is 4.50. The topological polar surface area (TPSA) is 35.2 Å². The first-order chi connectivity index (χ1) is 9.67. The third-order valence-corrected chi connectivity index (χ3v) is 5.71. The average molecular weight is 295 g/mol. The summed E-state index contributed by atoms with van der Waals surface area (Å²) in [5.41, 5.74) is 6.70. The van der Waals surface area contributed by atoms with Gasteiger partial charge in [-0.15, -0.1) is 11.8 Å². The number of benzene rings is 1. The van der Waals surface area contributed by atoms with Crippen LogP contribution in [0.1, 0.15) is 44.9 Å². The van der Waals surface area contributed by atoms with E-state index >= 15 is 0 Å². The van der Waals surface area contributed by atoms with Crippen LogP contribution < -0.4 is 5.73 Å². The van der Waals surface area contributed by atoms with Crippen molar-refractivity contribution in [2.24, 2.45) is 0 Å². The lowest BCUT2D eigenvalue weighted by molar-refractivity contribution is -0.0555. The van der Waals surface area contributed by atoms with Crippen LogP contribution in [0.4, 0.5) is 10.1 Å². The van der Waals surface area contributed by atoms with Gasteiger partial charge in [0.15, 0.2) is 0 Å². The van der Waals surface area contributed by atoms with Gasteiger partial charge in [0.2, 0.25) is 0 Å². The molecule has 0 radical (unpaired) electrons. The zero-order valence-electron chi connectivity index (χ0n) is 11.7. The van der Waals surface area contributed by atoms with Crippen molar-refractivity contribution in [1.82, 2.24) is 0 Å². The fourth-order valence-electron chi connectivity index (χ4n) is 3.39. The summed E-state index contributed by atoms with van der Waals surface area (Å²) in [6, 6.07) is 4.56. The number of hydrogen-bond donors (Lipinski definition) is 1. The Bertz CT molecular complexity index is 474. The van der Waals surface area contributed by atoms with Crippen molar-refractivity contribution >= 4 is 17.4 Å². The second kappa shape index (κ2) is 5.94. The van der Waals surface area contributed by atoms with Crippen molar-refractivity contribution in [1.29, 1.82) is 0 Å². The molecule has 1 saturated heterocycles. The van der Waals surface area contributed by atoms with E-state index in [1.54, 1.807) is 17.8 Å². The highest BCUT2D eigenvalue weighted by Gasteiger charge is 2.40. The largest absolute Gasteiger partial charge is 0.398 e. The highest BCUT2D eigenvalue weighted by atomic mass is 32.2. The number of halogens is 1. The predicted octanol–water partition coefficient (Wildman–Crippen LogP) is 4.38. The summed E-state index contributed by atoms with van der Waals surface area (Å²) in [7, 11) is 0. The molecular formula is C16H22FNOS. The zero-order valence-corrected chi connectivity index (χ0v) is 12.6. The molecule has 1 atom stereocenters. The van der Waals surface area contributed by atoms with Gasteiger partial charge in [0.1, 0.15) is 5.82 Å². The molecule has 1 heterocycles. The van der Waals surface area contributed by atoms with E-state index in [0.29, 0.717) is 11.8 Å². The highest BCUT2D eigenvalue weighted by molar-refractivity contribution is 7.99. The molecule has 2 aliphatic rings. The lowest BCUT2D eigenvalue weighted by Gasteiger charge is -2.33. The van der Waals surface area contributed by atoms with Gasteiger partial charge >= 0.3 is 0 Å². The van der Waals surface area contributed by atoms with Gasteiger partial charge < -0.3 is 10.5 Å². The first-order valence-electron chi connectivity index (χ1n) is 7.53. The molecule has 1 unspecified atom stereocenters. The number of thioether (sulfide) groups is 1. The Labute approximate surface area is 124 Å². The Morgan fingerprint density at radius 3 is 2.85 bits per heavy atom. The van der Waals surface area contributed by atoms with Crippen LogP contribution >= 0.6 is 11.8 Å². The molecule has 2 fully saturated rings. The van der Waals surface area contributed by atoms with Crippen molar-refractivity contribution in [3.05, 3.63) is 24.0 Å². The van der Waals surface area contributed by atoms with Crippen LogP contribution in [0.25, 0.3) is 0 Å². The maximum atomic E-state index is 13.2. The number of nitrogen functional groups attached to an aromatic ring is 1. The molecule has 2 N–H and O–H groups in total. The normalized spacial score (nSPS) is 25.1. The molecule has 0 amide bonds. The smallest absolute Gasteiger partial charge is 0.124 e.